The number of esters is 1. The first kappa shape index (κ1) is 15.1. The van der Waals surface area contributed by atoms with Crippen LogP contribution in [0.2, 0.25) is 0 Å². The second-order valence-electron chi connectivity index (χ2n) is 4.51. The van der Waals surface area contributed by atoms with E-state index in [4.69, 9.17) is 0 Å². The molecule has 0 saturated heterocycles. The molecule has 0 aromatic heterocycles. The number of rotatable bonds is 4. The number of carbonyl (C=O) groups is 1. The van der Waals surface area contributed by atoms with Gasteiger partial charge in [0.25, 0.3) is 0 Å². The van der Waals surface area contributed by atoms with Crippen molar-refractivity contribution < 1.29 is 27.8 Å². The van der Waals surface area contributed by atoms with Crippen LogP contribution in [0.25, 0.3) is 5.76 Å². The van der Waals surface area contributed by atoms with Gasteiger partial charge in [-0.25, -0.2) is 18.0 Å². The number of methoxy groups -OCH3 is 1. The number of hydrogen-bond donors (Lipinski definition) is 1. The molecule has 1 aromatic carbocycles. The molecule has 0 heterocycles. The number of carbonyl (C=O) groups excluding carboxylic acids is 1. The first-order chi connectivity index (χ1) is 9.93. The van der Waals surface area contributed by atoms with E-state index in [-0.39, 0.29) is 12.1 Å². The van der Waals surface area contributed by atoms with Crippen LogP contribution in [0.15, 0.2) is 22.7 Å². The number of aliphatic hydroxyl groups is 1. The van der Waals surface area contributed by atoms with Crippen molar-refractivity contribution in [3.05, 3.63) is 40.7 Å². The molecule has 0 aliphatic heterocycles. The summed E-state index contributed by atoms with van der Waals surface area (Å²) in [5, 5.41) is 9.97. The quantitative estimate of drug-likeness (QED) is 0.306. The molecular formula is C14H12F3NO3. The number of benzene rings is 1. The van der Waals surface area contributed by atoms with Crippen LogP contribution in [-0.2, 0) is 9.53 Å². The maximum atomic E-state index is 13.6. The van der Waals surface area contributed by atoms with Gasteiger partial charge in [-0.15, -0.1) is 0 Å². The van der Waals surface area contributed by atoms with Crippen LogP contribution in [0.3, 0.4) is 0 Å². The predicted octanol–water partition coefficient (Wildman–Crippen LogP) is 2.78. The highest BCUT2D eigenvalue weighted by Gasteiger charge is 2.23. The maximum Gasteiger partial charge on any atom is 0.343 e. The first-order valence-electron chi connectivity index (χ1n) is 6.13. The fourth-order valence-corrected chi connectivity index (χ4v) is 1.57. The number of nitrogens with zero attached hydrogens (tertiary/aromatic N) is 1. The van der Waals surface area contributed by atoms with E-state index in [1.807, 2.05) is 0 Å². The van der Waals surface area contributed by atoms with E-state index in [0.717, 1.165) is 26.2 Å². The third-order valence-electron chi connectivity index (χ3n) is 2.89. The Hall–Kier alpha value is -2.31. The van der Waals surface area contributed by atoms with Crippen molar-refractivity contribution in [2.45, 2.75) is 18.9 Å². The van der Waals surface area contributed by atoms with Gasteiger partial charge in [0.05, 0.1) is 18.7 Å². The van der Waals surface area contributed by atoms with E-state index in [1.54, 1.807) is 0 Å². The second-order valence-corrected chi connectivity index (χ2v) is 4.51. The third kappa shape index (κ3) is 3.42. The summed E-state index contributed by atoms with van der Waals surface area (Å²) in [4.78, 5) is 15.6. The molecule has 0 spiro atoms. The van der Waals surface area contributed by atoms with Gasteiger partial charge in [-0.05, 0) is 18.9 Å². The smallest absolute Gasteiger partial charge is 0.343 e. The molecule has 2 rings (SSSR count). The molecular weight excluding hydrogens is 287 g/mol. The molecule has 0 unspecified atom stereocenters. The number of aliphatic imine (C=N–C) groups is 1. The van der Waals surface area contributed by atoms with E-state index in [9.17, 15) is 23.1 Å². The van der Waals surface area contributed by atoms with Crippen LogP contribution in [0.4, 0.5) is 13.2 Å². The number of ether oxygens (including phenoxy) is 1. The van der Waals surface area contributed by atoms with E-state index >= 15 is 0 Å². The topological polar surface area (TPSA) is 58.9 Å². The highest BCUT2D eigenvalue weighted by molar-refractivity contribution is 6.15. The average Bonchev–Trinajstić information content (AvgIpc) is 3.26. The van der Waals surface area contributed by atoms with Crippen molar-refractivity contribution in [2.75, 3.05) is 7.11 Å². The molecule has 1 N–H and O–H groups in total. The number of hydrogen-bond acceptors (Lipinski definition) is 4. The summed E-state index contributed by atoms with van der Waals surface area (Å²) < 4.78 is 44.1. The fraction of sp³-hybridized carbons (Fsp3) is 0.286. The minimum Gasteiger partial charge on any atom is -0.506 e. The van der Waals surface area contributed by atoms with Gasteiger partial charge in [0, 0.05) is 12.3 Å². The summed E-state index contributed by atoms with van der Waals surface area (Å²) in [5.41, 5.74) is -1.06. The molecule has 0 bridgehead atoms. The Balaban J connectivity index is 2.49. The zero-order valence-electron chi connectivity index (χ0n) is 11.1. The van der Waals surface area contributed by atoms with Gasteiger partial charge in [-0.3, -0.25) is 4.99 Å². The molecule has 7 heteroatoms. The summed E-state index contributed by atoms with van der Waals surface area (Å²) in [7, 11) is 1.07. The van der Waals surface area contributed by atoms with Crippen LogP contribution in [0.1, 0.15) is 18.4 Å². The molecule has 4 nitrogen and oxygen atoms in total. The van der Waals surface area contributed by atoms with Crippen molar-refractivity contribution in [1.29, 1.82) is 0 Å². The second kappa shape index (κ2) is 5.99. The lowest BCUT2D eigenvalue weighted by molar-refractivity contribution is -0.135. The van der Waals surface area contributed by atoms with Crippen LogP contribution in [-0.4, -0.2) is 30.4 Å². The molecule has 1 aliphatic rings. The Morgan fingerprint density at radius 2 is 1.90 bits per heavy atom. The van der Waals surface area contributed by atoms with Crippen molar-refractivity contribution in [2.24, 2.45) is 4.99 Å². The SMILES string of the molecule is COC(=O)/C(C=NC1CC1)=C(\O)c1cc(F)c(F)cc1F. The van der Waals surface area contributed by atoms with E-state index in [0.29, 0.717) is 6.07 Å². The Labute approximate surface area is 118 Å². The fourth-order valence-electron chi connectivity index (χ4n) is 1.57. The molecule has 0 atom stereocenters. The number of halogens is 3. The summed E-state index contributed by atoms with van der Waals surface area (Å²) in [6.07, 6.45) is 2.76. The monoisotopic (exact) mass is 299 g/mol. The molecule has 0 radical (unpaired) electrons. The van der Waals surface area contributed by atoms with Gasteiger partial charge in [0.1, 0.15) is 17.1 Å². The molecule has 21 heavy (non-hydrogen) atoms. The lowest BCUT2D eigenvalue weighted by Crippen LogP contribution is -2.10. The zero-order valence-corrected chi connectivity index (χ0v) is 11.1. The summed E-state index contributed by atoms with van der Waals surface area (Å²) >= 11 is 0. The summed E-state index contributed by atoms with van der Waals surface area (Å²) in [6.45, 7) is 0. The average molecular weight is 299 g/mol. The Morgan fingerprint density at radius 1 is 1.29 bits per heavy atom. The van der Waals surface area contributed by atoms with Crippen molar-refractivity contribution in [1.82, 2.24) is 0 Å². The van der Waals surface area contributed by atoms with Crippen molar-refractivity contribution >= 4 is 17.9 Å². The van der Waals surface area contributed by atoms with Gasteiger partial charge < -0.3 is 9.84 Å². The molecule has 112 valence electrons. The zero-order chi connectivity index (χ0) is 15.6. The summed E-state index contributed by atoms with van der Waals surface area (Å²) in [6, 6.07) is 0.800. The van der Waals surface area contributed by atoms with Gasteiger partial charge in [-0.2, -0.15) is 0 Å². The van der Waals surface area contributed by atoms with Crippen LogP contribution in [0.5, 0.6) is 0 Å². The van der Waals surface area contributed by atoms with Gasteiger partial charge >= 0.3 is 5.97 Å². The molecule has 1 fully saturated rings. The predicted molar refractivity (Wildman–Crippen MR) is 69.4 cm³/mol. The van der Waals surface area contributed by atoms with Crippen LogP contribution < -0.4 is 0 Å². The Morgan fingerprint density at radius 3 is 2.48 bits per heavy atom. The van der Waals surface area contributed by atoms with E-state index in [2.05, 4.69) is 9.73 Å². The molecule has 1 aliphatic carbocycles. The highest BCUT2D eigenvalue weighted by atomic mass is 19.2. The first-order valence-corrected chi connectivity index (χ1v) is 6.13. The van der Waals surface area contributed by atoms with Crippen molar-refractivity contribution in [3.63, 3.8) is 0 Å². The van der Waals surface area contributed by atoms with E-state index in [1.165, 1.54) is 0 Å². The lowest BCUT2D eigenvalue weighted by Gasteiger charge is -2.07. The normalized spacial score (nSPS) is 16.0. The van der Waals surface area contributed by atoms with Crippen LogP contribution in [0, 0.1) is 17.5 Å². The molecule has 1 saturated carbocycles. The summed E-state index contributed by atoms with van der Waals surface area (Å²) in [5.74, 6) is -5.76. The standard InChI is InChI=1S/C14H12F3NO3/c1-21-14(20)9(6-18-7-2-3-7)13(19)8-4-11(16)12(17)5-10(8)15/h4-7,19H,2-3H2,1H3/b13-9-,18-6?. The Bertz CT molecular complexity index is 637. The minimum atomic E-state index is -1.39. The number of aliphatic hydroxyl groups excluding tert-OH is 1. The van der Waals surface area contributed by atoms with Crippen molar-refractivity contribution in [3.8, 4) is 0 Å². The third-order valence-corrected chi connectivity index (χ3v) is 2.89. The highest BCUT2D eigenvalue weighted by Crippen LogP contribution is 2.25. The van der Waals surface area contributed by atoms with Crippen LogP contribution >= 0.6 is 0 Å². The lowest BCUT2D eigenvalue weighted by atomic mass is 10.1. The van der Waals surface area contributed by atoms with Gasteiger partial charge in [0.2, 0.25) is 0 Å². The molecule has 1 aromatic rings. The van der Waals surface area contributed by atoms with Gasteiger partial charge in [0.15, 0.2) is 11.6 Å². The largest absolute Gasteiger partial charge is 0.506 e. The molecule has 0 amide bonds. The Kier molecular flexibility index (Phi) is 4.30. The maximum absolute atomic E-state index is 13.6. The minimum absolute atomic E-state index is 0.0484. The van der Waals surface area contributed by atoms with E-state index < -0.39 is 40.3 Å². The van der Waals surface area contributed by atoms with Gasteiger partial charge in [-0.1, -0.05) is 0 Å².